The van der Waals surface area contributed by atoms with Crippen LogP contribution in [0, 0.1) is 0 Å². The summed E-state index contributed by atoms with van der Waals surface area (Å²) in [5.74, 6) is -0.821. The van der Waals surface area contributed by atoms with Gasteiger partial charge >= 0.3 is 6.03 Å². The van der Waals surface area contributed by atoms with Crippen molar-refractivity contribution in [2.45, 2.75) is 38.6 Å². The molecule has 0 aliphatic carbocycles. The Balaban J connectivity index is 1.89. The lowest BCUT2D eigenvalue weighted by molar-refractivity contribution is -0.129. The Morgan fingerprint density at radius 1 is 0.828 bits per heavy atom. The number of nitrogens with zero attached hydrogens (tertiary/aromatic N) is 1. The van der Waals surface area contributed by atoms with Gasteiger partial charge in [0.25, 0.3) is 5.91 Å². The highest BCUT2D eigenvalue weighted by Crippen LogP contribution is 2.09. The number of nitrogens with one attached hydrogen (secondary N) is 2. The molecule has 29 heavy (non-hydrogen) atoms. The van der Waals surface area contributed by atoms with E-state index in [1.807, 2.05) is 36.4 Å². The Labute approximate surface area is 170 Å². The summed E-state index contributed by atoms with van der Waals surface area (Å²) in [6.07, 6.45) is 3.35. The van der Waals surface area contributed by atoms with Gasteiger partial charge in [0, 0.05) is 25.1 Å². The number of urea groups is 1. The van der Waals surface area contributed by atoms with Crippen molar-refractivity contribution in [1.29, 1.82) is 0 Å². The smallest absolute Gasteiger partial charge is 0.320 e. The molecule has 2 aromatic rings. The van der Waals surface area contributed by atoms with E-state index in [4.69, 9.17) is 5.21 Å². The highest BCUT2D eigenvalue weighted by molar-refractivity contribution is 6.04. The van der Waals surface area contributed by atoms with Crippen LogP contribution < -0.4 is 10.8 Å². The average Bonchev–Trinajstić information content (AvgIpc) is 2.76. The first-order valence-electron chi connectivity index (χ1n) is 9.72. The van der Waals surface area contributed by atoms with Crippen LogP contribution in [0.25, 0.3) is 0 Å². The van der Waals surface area contributed by atoms with Gasteiger partial charge in [-0.25, -0.2) is 10.3 Å². The van der Waals surface area contributed by atoms with Crippen molar-refractivity contribution in [3.05, 3.63) is 71.8 Å². The molecule has 0 aliphatic heterocycles. The summed E-state index contributed by atoms with van der Waals surface area (Å²) in [7, 11) is 0. The summed E-state index contributed by atoms with van der Waals surface area (Å²) in [6.45, 7) is 0.899. The van der Waals surface area contributed by atoms with Gasteiger partial charge in [-0.2, -0.15) is 0 Å². The van der Waals surface area contributed by atoms with Crippen LogP contribution >= 0.6 is 0 Å². The van der Waals surface area contributed by atoms with E-state index in [0.717, 1.165) is 24.8 Å². The maximum atomic E-state index is 12.7. The van der Waals surface area contributed by atoms with Crippen LogP contribution in [0.3, 0.4) is 0 Å². The quantitative estimate of drug-likeness (QED) is 0.325. The van der Waals surface area contributed by atoms with Crippen molar-refractivity contribution in [2.75, 3.05) is 6.54 Å². The monoisotopic (exact) mass is 397 g/mol. The van der Waals surface area contributed by atoms with E-state index in [0.29, 0.717) is 25.1 Å². The molecule has 0 unspecified atom stereocenters. The summed E-state index contributed by atoms with van der Waals surface area (Å²) in [5, 5.41) is 10.9. The highest BCUT2D eigenvalue weighted by atomic mass is 16.5. The molecule has 7 heteroatoms. The van der Waals surface area contributed by atoms with E-state index < -0.39 is 17.8 Å². The summed E-state index contributed by atoms with van der Waals surface area (Å²) >= 11 is 0. The summed E-state index contributed by atoms with van der Waals surface area (Å²) < 4.78 is 0. The third kappa shape index (κ3) is 8.15. The van der Waals surface area contributed by atoms with Crippen molar-refractivity contribution in [1.82, 2.24) is 15.7 Å². The van der Waals surface area contributed by atoms with Crippen molar-refractivity contribution in [3.63, 3.8) is 0 Å². The lowest BCUT2D eigenvalue weighted by Gasteiger charge is -2.23. The maximum absolute atomic E-state index is 12.7. The molecule has 0 saturated heterocycles. The first-order chi connectivity index (χ1) is 14.1. The molecule has 7 nitrogen and oxygen atoms in total. The molecule has 0 spiro atoms. The van der Waals surface area contributed by atoms with Gasteiger partial charge in [0.05, 0.1) is 0 Å². The Hall–Kier alpha value is -3.19. The molecule has 0 fully saturated rings. The second-order valence-electron chi connectivity index (χ2n) is 6.73. The topological polar surface area (TPSA) is 98.7 Å². The summed E-state index contributed by atoms with van der Waals surface area (Å²) in [5.41, 5.74) is 3.03. The minimum Gasteiger partial charge on any atom is -0.320 e. The van der Waals surface area contributed by atoms with E-state index in [1.165, 1.54) is 0 Å². The standard InChI is InChI=1S/C22H27N3O4/c26-20(24-29)15-9-1-2-10-16-25(17-18-11-5-3-6-12-18)22(28)23-21(27)19-13-7-4-8-14-19/h3-8,11-14,29H,1-2,9-10,15-17H2,(H,24,26)(H,23,27,28). The first-order valence-corrected chi connectivity index (χ1v) is 9.72. The van der Waals surface area contributed by atoms with E-state index in [9.17, 15) is 14.4 Å². The zero-order valence-electron chi connectivity index (χ0n) is 16.3. The van der Waals surface area contributed by atoms with E-state index >= 15 is 0 Å². The van der Waals surface area contributed by atoms with E-state index in [1.54, 1.807) is 34.6 Å². The molecule has 2 aromatic carbocycles. The Morgan fingerprint density at radius 3 is 2.10 bits per heavy atom. The van der Waals surface area contributed by atoms with Crippen LogP contribution in [0.5, 0.6) is 0 Å². The van der Waals surface area contributed by atoms with Crippen molar-refractivity contribution in [2.24, 2.45) is 0 Å². The van der Waals surface area contributed by atoms with Gasteiger partial charge in [-0.1, -0.05) is 61.4 Å². The van der Waals surface area contributed by atoms with Crippen molar-refractivity contribution in [3.8, 4) is 0 Å². The third-order valence-corrected chi connectivity index (χ3v) is 4.47. The van der Waals surface area contributed by atoms with Gasteiger partial charge in [-0.3, -0.25) is 20.1 Å². The number of hydrogen-bond acceptors (Lipinski definition) is 4. The maximum Gasteiger partial charge on any atom is 0.324 e. The fourth-order valence-electron chi connectivity index (χ4n) is 2.89. The molecule has 0 aromatic heterocycles. The lowest BCUT2D eigenvalue weighted by Crippen LogP contribution is -2.43. The molecule has 154 valence electrons. The number of hydroxylamine groups is 1. The number of rotatable bonds is 10. The van der Waals surface area contributed by atoms with Gasteiger partial charge in [0.15, 0.2) is 0 Å². The molecule has 0 bridgehead atoms. The van der Waals surface area contributed by atoms with Crippen LogP contribution in [-0.2, 0) is 11.3 Å². The molecule has 0 radical (unpaired) electrons. The number of unbranched alkanes of at least 4 members (excludes halogenated alkanes) is 3. The highest BCUT2D eigenvalue weighted by Gasteiger charge is 2.17. The van der Waals surface area contributed by atoms with Crippen LogP contribution in [0.2, 0.25) is 0 Å². The zero-order valence-corrected chi connectivity index (χ0v) is 16.3. The minimum atomic E-state index is -0.428. The fourth-order valence-corrected chi connectivity index (χ4v) is 2.89. The Bertz CT molecular complexity index is 781. The van der Waals surface area contributed by atoms with Crippen LogP contribution in [-0.4, -0.2) is 34.5 Å². The normalized spacial score (nSPS) is 10.2. The van der Waals surface area contributed by atoms with Gasteiger partial charge in [0.2, 0.25) is 5.91 Å². The number of benzene rings is 2. The molecule has 4 amide bonds. The van der Waals surface area contributed by atoms with E-state index in [-0.39, 0.29) is 6.42 Å². The number of carbonyl (C=O) groups is 3. The number of amides is 4. The Kier molecular flexibility index (Phi) is 9.38. The predicted octanol–water partition coefficient (Wildman–Crippen LogP) is 3.49. The zero-order chi connectivity index (χ0) is 20.9. The minimum absolute atomic E-state index is 0.274. The van der Waals surface area contributed by atoms with Crippen molar-refractivity contribution < 1.29 is 19.6 Å². The summed E-state index contributed by atoms with van der Waals surface area (Å²) in [4.78, 5) is 37.6. The average molecular weight is 397 g/mol. The van der Waals surface area contributed by atoms with Crippen LogP contribution in [0.4, 0.5) is 4.79 Å². The van der Waals surface area contributed by atoms with Gasteiger partial charge in [-0.05, 0) is 30.5 Å². The van der Waals surface area contributed by atoms with Crippen molar-refractivity contribution >= 4 is 17.8 Å². The summed E-state index contributed by atoms with van der Waals surface area (Å²) in [6, 6.07) is 17.8. The number of carbonyl (C=O) groups excluding carboxylic acids is 3. The predicted molar refractivity (Wildman–Crippen MR) is 109 cm³/mol. The molecular formula is C22H27N3O4. The fraction of sp³-hybridized carbons (Fsp3) is 0.318. The molecule has 3 N–H and O–H groups in total. The SMILES string of the molecule is O=C(CCCCCCN(Cc1ccccc1)C(=O)NC(=O)c1ccccc1)NO. The van der Waals surface area contributed by atoms with Gasteiger partial charge in [-0.15, -0.1) is 0 Å². The van der Waals surface area contributed by atoms with Crippen LogP contribution in [0.1, 0.15) is 48.0 Å². The molecule has 0 heterocycles. The third-order valence-electron chi connectivity index (χ3n) is 4.47. The largest absolute Gasteiger partial charge is 0.324 e. The van der Waals surface area contributed by atoms with Crippen LogP contribution in [0.15, 0.2) is 60.7 Å². The molecule has 2 rings (SSSR count). The van der Waals surface area contributed by atoms with Gasteiger partial charge in [0.1, 0.15) is 0 Å². The lowest BCUT2D eigenvalue weighted by atomic mass is 10.1. The second kappa shape index (κ2) is 12.3. The van der Waals surface area contributed by atoms with E-state index in [2.05, 4.69) is 5.32 Å². The van der Waals surface area contributed by atoms with Gasteiger partial charge < -0.3 is 4.90 Å². The molecule has 0 atom stereocenters. The number of hydrogen-bond donors (Lipinski definition) is 3. The second-order valence-corrected chi connectivity index (χ2v) is 6.73. The first kappa shape index (κ1) is 22.1. The number of imide groups is 1. The Morgan fingerprint density at radius 2 is 1.45 bits per heavy atom. The molecular weight excluding hydrogens is 370 g/mol. The molecule has 0 saturated carbocycles. The molecule has 0 aliphatic rings.